The number of nitrogens with zero attached hydrogens (tertiary/aromatic N) is 1. The van der Waals surface area contributed by atoms with E-state index in [0.717, 1.165) is 5.76 Å². The molecule has 1 aromatic carbocycles. The number of rotatable bonds is 4. The molecular weight excluding hydrogens is 364 g/mol. The smallest absolute Gasteiger partial charge is 0.335 e. The van der Waals surface area contributed by atoms with Crippen LogP contribution in [-0.2, 0) is 12.0 Å². The molecule has 1 aromatic heterocycles. The van der Waals surface area contributed by atoms with Crippen LogP contribution in [-0.4, -0.2) is 22.0 Å². The summed E-state index contributed by atoms with van der Waals surface area (Å²) in [5.41, 5.74) is 0.130. The van der Waals surface area contributed by atoms with Crippen molar-refractivity contribution in [1.82, 2.24) is 10.3 Å². The fraction of sp³-hybridized carbons (Fsp3) is 0.312. The molecule has 0 saturated carbocycles. The van der Waals surface area contributed by atoms with Crippen LogP contribution in [0.5, 0.6) is 0 Å². The minimum atomic E-state index is -1.09. The van der Waals surface area contributed by atoms with Crippen LogP contribution in [0.15, 0.2) is 33.3 Å². The number of carboxylic acid groups (broad SMARTS) is 1. The van der Waals surface area contributed by atoms with E-state index in [0.29, 0.717) is 10.4 Å². The van der Waals surface area contributed by atoms with E-state index in [2.05, 4.69) is 26.2 Å². The summed E-state index contributed by atoms with van der Waals surface area (Å²) in [5, 5.41) is 11.7. The Balaban J connectivity index is 2.08. The number of amides is 1. The zero-order valence-corrected chi connectivity index (χ0v) is 14.6. The van der Waals surface area contributed by atoms with Gasteiger partial charge in [-0.2, -0.15) is 0 Å². The van der Waals surface area contributed by atoms with Gasteiger partial charge in [0.15, 0.2) is 0 Å². The summed E-state index contributed by atoms with van der Waals surface area (Å²) in [6.45, 7) is 6.14. The van der Waals surface area contributed by atoms with Crippen LogP contribution in [0.4, 0.5) is 0 Å². The van der Waals surface area contributed by atoms with Crippen LogP contribution in [0.3, 0.4) is 0 Å². The van der Waals surface area contributed by atoms with Crippen molar-refractivity contribution in [1.29, 1.82) is 0 Å². The molecule has 0 fully saturated rings. The van der Waals surface area contributed by atoms with Gasteiger partial charge in [0.2, 0.25) is 5.89 Å². The standard InChI is InChI=1S/C16H17BrN2O4/c1-16(2,3)12-7-18-13(23-12)8-19-14(20)9-4-10(15(21)22)6-11(17)5-9/h4-7H,8H2,1-3H3,(H,19,20)(H,21,22). The van der Waals surface area contributed by atoms with Crippen molar-refractivity contribution >= 4 is 27.8 Å². The lowest BCUT2D eigenvalue weighted by molar-refractivity contribution is 0.0697. The molecule has 1 heterocycles. The molecule has 6 nitrogen and oxygen atoms in total. The van der Waals surface area contributed by atoms with Gasteiger partial charge in [-0.05, 0) is 18.2 Å². The van der Waals surface area contributed by atoms with Crippen LogP contribution in [0.25, 0.3) is 0 Å². The normalized spacial score (nSPS) is 11.3. The lowest BCUT2D eigenvalue weighted by Gasteiger charge is -2.13. The van der Waals surface area contributed by atoms with Gasteiger partial charge in [0.05, 0.1) is 18.3 Å². The van der Waals surface area contributed by atoms with Crippen molar-refractivity contribution in [3.63, 3.8) is 0 Å². The molecule has 2 aromatic rings. The van der Waals surface area contributed by atoms with E-state index in [-0.39, 0.29) is 23.1 Å². The number of oxazole rings is 1. The SMILES string of the molecule is CC(C)(C)c1cnc(CNC(=O)c2cc(Br)cc(C(=O)O)c2)o1. The van der Waals surface area contributed by atoms with Gasteiger partial charge >= 0.3 is 5.97 Å². The third-order valence-electron chi connectivity index (χ3n) is 3.10. The Morgan fingerprint density at radius 2 is 1.91 bits per heavy atom. The monoisotopic (exact) mass is 380 g/mol. The van der Waals surface area contributed by atoms with Gasteiger partial charge in [-0.25, -0.2) is 9.78 Å². The van der Waals surface area contributed by atoms with E-state index in [1.165, 1.54) is 12.1 Å². The van der Waals surface area contributed by atoms with Crippen LogP contribution in [0.2, 0.25) is 0 Å². The molecule has 0 saturated heterocycles. The first-order valence-electron chi connectivity index (χ1n) is 6.94. The third-order valence-corrected chi connectivity index (χ3v) is 3.56. The highest BCUT2D eigenvalue weighted by molar-refractivity contribution is 9.10. The van der Waals surface area contributed by atoms with Gasteiger partial charge in [0, 0.05) is 15.5 Å². The van der Waals surface area contributed by atoms with Crippen molar-refractivity contribution in [3.8, 4) is 0 Å². The summed E-state index contributed by atoms with van der Waals surface area (Å²) in [4.78, 5) is 27.3. The first-order valence-corrected chi connectivity index (χ1v) is 7.73. The van der Waals surface area contributed by atoms with Crippen molar-refractivity contribution in [2.24, 2.45) is 0 Å². The Morgan fingerprint density at radius 1 is 1.26 bits per heavy atom. The summed E-state index contributed by atoms with van der Waals surface area (Å²) in [7, 11) is 0. The Bertz CT molecular complexity index is 747. The van der Waals surface area contributed by atoms with Crippen LogP contribution < -0.4 is 5.32 Å². The lowest BCUT2D eigenvalue weighted by atomic mass is 9.94. The average molecular weight is 381 g/mol. The highest BCUT2D eigenvalue weighted by Crippen LogP contribution is 2.22. The number of halogens is 1. The molecule has 0 aliphatic rings. The number of hydrogen-bond donors (Lipinski definition) is 2. The fourth-order valence-corrected chi connectivity index (χ4v) is 2.33. The van der Waals surface area contributed by atoms with Crippen LogP contribution >= 0.6 is 15.9 Å². The molecule has 23 heavy (non-hydrogen) atoms. The molecule has 0 atom stereocenters. The number of carbonyl (C=O) groups excluding carboxylic acids is 1. The Morgan fingerprint density at radius 3 is 2.48 bits per heavy atom. The number of hydrogen-bond acceptors (Lipinski definition) is 4. The highest BCUT2D eigenvalue weighted by Gasteiger charge is 2.19. The van der Waals surface area contributed by atoms with E-state index < -0.39 is 11.9 Å². The number of carboxylic acids is 1. The second-order valence-electron chi connectivity index (χ2n) is 6.08. The molecule has 7 heteroatoms. The predicted octanol–water partition coefficient (Wildman–Crippen LogP) is 3.36. The minimum absolute atomic E-state index is 0.0377. The summed E-state index contributed by atoms with van der Waals surface area (Å²) in [5.74, 6) is -0.360. The average Bonchev–Trinajstić information content (AvgIpc) is 2.93. The molecule has 0 radical (unpaired) electrons. The van der Waals surface area contributed by atoms with Crippen molar-refractivity contribution in [2.45, 2.75) is 32.7 Å². The van der Waals surface area contributed by atoms with Crippen molar-refractivity contribution in [3.05, 3.63) is 51.6 Å². The van der Waals surface area contributed by atoms with Gasteiger partial charge in [-0.15, -0.1) is 0 Å². The van der Waals surface area contributed by atoms with Crippen LogP contribution in [0, 0.1) is 0 Å². The number of aromatic carboxylic acids is 1. The summed E-state index contributed by atoms with van der Waals surface area (Å²) < 4.78 is 6.11. The van der Waals surface area contributed by atoms with E-state index in [1.807, 2.05) is 20.8 Å². The molecule has 0 unspecified atom stereocenters. The molecule has 0 aliphatic carbocycles. The molecule has 2 N–H and O–H groups in total. The van der Waals surface area contributed by atoms with Crippen LogP contribution in [0.1, 0.15) is 53.1 Å². The zero-order valence-electron chi connectivity index (χ0n) is 13.0. The maximum absolute atomic E-state index is 12.2. The topological polar surface area (TPSA) is 92.4 Å². The van der Waals surface area contributed by atoms with Gasteiger partial charge < -0.3 is 14.8 Å². The first kappa shape index (κ1) is 17.2. The van der Waals surface area contributed by atoms with E-state index in [1.54, 1.807) is 12.3 Å². The quantitative estimate of drug-likeness (QED) is 0.847. The third kappa shape index (κ3) is 4.41. The fourth-order valence-electron chi connectivity index (χ4n) is 1.84. The van der Waals surface area contributed by atoms with E-state index >= 15 is 0 Å². The zero-order chi connectivity index (χ0) is 17.2. The lowest BCUT2D eigenvalue weighted by Crippen LogP contribution is -2.23. The maximum atomic E-state index is 12.2. The molecule has 2 rings (SSSR count). The first-order chi connectivity index (χ1) is 10.7. The largest absolute Gasteiger partial charge is 0.478 e. The van der Waals surface area contributed by atoms with E-state index in [4.69, 9.17) is 9.52 Å². The molecular formula is C16H17BrN2O4. The van der Waals surface area contributed by atoms with E-state index in [9.17, 15) is 9.59 Å². The Labute approximate surface area is 142 Å². The number of carbonyl (C=O) groups is 2. The second kappa shape index (κ2) is 6.54. The number of nitrogens with one attached hydrogen (secondary N) is 1. The maximum Gasteiger partial charge on any atom is 0.335 e. The molecule has 1 amide bonds. The molecule has 0 bridgehead atoms. The molecule has 0 spiro atoms. The Hall–Kier alpha value is -2.15. The molecule has 122 valence electrons. The van der Waals surface area contributed by atoms with Gasteiger partial charge in [0.1, 0.15) is 5.76 Å². The Kier molecular flexibility index (Phi) is 4.89. The highest BCUT2D eigenvalue weighted by atomic mass is 79.9. The number of aromatic nitrogens is 1. The number of benzene rings is 1. The predicted molar refractivity (Wildman–Crippen MR) is 87.5 cm³/mol. The van der Waals surface area contributed by atoms with Gasteiger partial charge in [-0.1, -0.05) is 36.7 Å². The van der Waals surface area contributed by atoms with Gasteiger partial charge in [0.25, 0.3) is 5.91 Å². The summed E-state index contributed by atoms with van der Waals surface area (Å²) in [6, 6.07) is 4.30. The second-order valence-corrected chi connectivity index (χ2v) is 7.00. The summed E-state index contributed by atoms with van der Waals surface area (Å²) >= 11 is 3.20. The minimum Gasteiger partial charge on any atom is -0.478 e. The van der Waals surface area contributed by atoms with Crippen molar-refractivity contribution < 1.29 is 19.1 Å². The summed E-state index contributed by atoms with van der Waals surface area (Å²) in [6.07, 6.45) is 1.64. The van der Waals surface area contributed by atoms with Crippen molar-refractivity contribution in [2.75, 3.05) is 0 Å². The molecule has 0 aliphatic heterocycles. The van der Waals surface area contributed by atoms with Gasteiger partial charge in [-0.3, -0.25) is 4.79 Å².